The fourth-order valence-electron chi connectivity index (χ4n) is 2.19. The molecule has 1 aliphatic rings. The molecule has 22 heavy (non-hydrogen) atoms. The van der Waals surface area contributed by atoms with Crippen molar-refractivity contribution in [2.24, 2.45) is 10.7 Å². The molecule has 0 spiro atoms. The molecule has 0 saturated carbocycles. The van der Waals surface area contributed by atoms with Crippen LogP contribution in [0.5, 0.6) is 5.75 Å². The number of ether oxygens (including phenoxy) is 1. The summed E-state index contributed by atoms with van der Waals surface area (Å²) in [5, 5.41) is 5.91. The second-order valence-corrected chi connectivity index (χ2v) is 4.92. The van der Waals surface area contributed by atoms with Crippen LogP contribution in [0.1, 0.15) is 31.4 Å². The Morgan fingerprint density at radius 2 is 2.23 bits per heavy atom. The van der Waals surface area contributed by atoms with Crippen molar-refractivity contribution in [3.05, 3.63) is 29.8 Å². The summed E-state index contributed by atoms with van der Waals surface area (Å²) in [7, 11) is 0. The zero-order chi connectivity index (χ0) is 15.1. The Balaban J connectivity index is 0.00000242. The average molecular weight is 418 g/mol. The van der Waals surface area contributed by atoms with E-state index in [0.29, 0.717) is 13.2 Å². The quantitative estimate of drug-likeness (QED) is 0.385. The highest BCUT2D eigenvalue weighted by molar-refractivity contribution is 14.0. The summed E-state index contributed by atoms with van der Waals surface area (Å²) in [4.78, 5) is 15.5. The van der Waals surface area contributed by atoms with E-state index in [9.17, 15) is 4.79 Å². The van der Waals surface area contributed by atoms with Gasteiger partial charge in [-0.05, 0) is 12.5 Å². The maximum atomic E-state index is 11.5. The van der Waals surface area contributed by atoms with Crippen LogP contribution in [-0.2, 0) is 4.79 Å². The first-order valence-corrected chi connectivity index (χ1v) is 7.25. The molecule has 1 amide bonds. The third kappa shape index (κ3) is 5.36. The number of hydrogen-bond acceptors (Lipinski definition) is 3. The lowest BCUT2D eigenvalue weighted by Crippen LogP contribution is -2.38. The standard InChI is InChI=1S/C15H22N4O2.HI/c1-2-8-17-14(20)10-18-15(16)19-12-7-9-21-13-6-4-3-5-11(12)13;/h3-6,12H,2,7-10H2,1H3,(H,17,20)(H3,16,18,19);1H. The molecule has 2 rings (SSSR count). The van der Waals surface area contributed by atoms with Gasteiger partial charge in [-0.25, -0.2) is 4.99 Å². The number of nitrogens with two attached hydrogens (primary N) is 1. The van der Waals surface area contributed by atoms with E-state index < -0.39 is 0 Å². The van der Waals surface area contributed by atoms with Crippen molar-refractivity contribution >= 4 is 35.8 Å². The molecular formula is C15H23IN4O2. The number of nitrogens with one attached hydrogen (secondary N) is 2. The number of guanidine groups is 1. The monoisotopic (exact) mass is 418 g/mol. The summed E-state index contributed by atoms with van der Waals surface area (Å²) >= 11 is 0. The lowest BCUT2D eigenvalue weighted by Gasteiger charge is -2.26. The number of nitrogens with zero attached hydrogens (tertiary/aromatic N) is 1. The Kier molecular flexibility index (Phi) is 8.00. The first-order valence-electron chi connectivity index (χ1n) is 7.25. The molecule has 122 valence electrons. The molecule has 0 fully saturated rings. The number of benzene rings is 1. The summed E-state index contributed by atoms with van der Waals surface area (Å²) in [6, 6.07) is 7.92. The first kappa shape index (κ1) is 18.5. The summed E-state index contributed by atoms with van der Waals surface area (Å²) in [6.07, 6.45) is 1.72. The van der Waals surface area contributed by atoms with Crippen molar-refractivity contribution in [2.75, 3.05) is 19.7 Å². The van der Waals surface area contributed by atoms with Crippen molar-refractivity contribution in [3.63, 3.8) is 0 Å². The number of halogens is 1. The second-order valence-electron chi connectivity index (χ2n) is 4.92. The highest BCUT2D eigenvalue weighted by Gasteiger charge is 2.21. The van der Waals surface area contributed by atoms with Gasteiger partial charge in [0, 0.05) is 18.5 Å². The molecule has 1 aromatic rings. The summed E-state index contributed by atoms with van der Waals surface area (Å²) in [5.74, 6) is 1.03. The molecule has 1 heterocycles. The van der Waals surface area contributed by atoms with Crippen LogP contribution in [-0.4, -0.2) is 31.6 Å². The number of carbonyl (C=O) groups excluding carboxylic acids is 1. The van der Waals surface area contributed by atoms with Crippen LogP contribution in [0.3, 0.4) is 0 Å². The number of amides is 1. The fraction of sp³-hybridized carbons (Fsp3) is 0.467. The zero-order valence-corrected chi connectivity index (χ0v) is 15.0. The van der Waals surface area contributed by atoms with Crippen molar-refractivity contribution < 1.29 is 9.53 Å². The zero-order valence-electron chi connectivity index (χ0n) is 12.7. The Hall–Kier alpha value is -1.51. The van der Waals surface area contributed by atoms with Crippen LogP contribution in [0.15, 0.2) is 29.3 Å². The summed E-state index contributed by atoms with van der Waals surface area (Å²) in [6.45, 7) is 3.35. The van der Waals surface area contributed by atoms with Crippen LogP contribution < -0.4 is 21.1 Å². The fourth-order valence-corrected chi connectivity index (χ4v) is 2.19. The average Bonchev–Trinajstić information content (AvgIpc) is 2.51. The normalized spacial score (nSPS) is 16.8. The first-order chi connectivity index (χ1) is 10.2. The molecule has 0 aromatic heterocycles. The molecule has 0 saturated heterocycles. The van der Waals surface area contributed by atoms with Crippen molar-refractivity contribution in [1.82, 2.24) is 10.6 Å². The van der Waals surface area contributed by atoms with Crippen LogP contribution in [0.25, 0.3) is 0 Å². The van der Waals surface area contributed by atoms with Crippen LogP contribution >= 0.6 is 24.0 Å². The van der Waals surface area contributed by atoms with E-state index in [1.54, 1.807) is 0 Å². The number of hydrogen-bond donors (Lipinski definition) is 3. The minimum absolute atomic E-state index is 0. The predicted molar refractivity (Wildman–Crippen MR) is 97.6 cm³/mol. The highest BCUT2D eigenvalue weighted by Crippen LogP contribution is 2.31. The molecule has 0 aliphatic carbocycles. The van der Waals surface area contributed by atoms with Gasteiger partial charge >= 0.3 is 0 Å². The lowest BCUT2D eigenvalue weighted by molar-refractivity contribution is -0.119. The van der Waals surface area contributed by atoms with Gasteiger partial charge in [0.15, 0.2) is 5.96 Å². The number of rotatable bonds is 5. The van der Waals surface area contributed by atoms with Crippen molar-refractivity contribution in [3.8, 4) is 5.75 Å². The SMILES string of the molecule is CCCNC(=O)CN=C(N)NC1CCOc2ccccc21.I. The smallest absolute Gasteiger partial charge is 0.241 e. The minimum atomic E-state index is -0.117. The van der Waals surface area contributed by atoms with Crippen LogP contribution in [0, 0.1) is 0 Å². The summed E-state index contributed by atoms with van der Waals surface area (Å²) in [5.41, 5.74) is 6.92. The van der Waals surface area contributed by atoms with Gasteiger partial charge < -0.3 is 21.1 Å². The van der Waals surface area contributed by atoms with Gasteiger partial charge in [0.1, 0.15) is 12.3 Å². The predicted octanol–water partition coefficient (Wildman–Crippen LogP) is 1.56. The third-order valence-electron chi connectivity index (χ3n) is 3.25. The topological polar surface area (TPSA) is 88.7 Å². The molecule has 1 atom stereocenters. The molecule has 6 nitrogen and oxygen atoms in total. The second kappa shape index (κ2) is 9.50. The van der Waals surface area contributed by atoms with E-state index in [1.807, 2.05) is 31.2 Å². The third-order valence-corrected chi connectivity index (χ3v) is 3.25. The van der Waals surface area contributed by atoms with E-state index in [1.165, 1.54) is 0 Å². The van der Waals surface area contributed by atoms with Gasteiger partial charge in [-0.2, -0.15) is 0 Å². The summed E-state index contributed by atoms with van der Waals surface area (Å²) < 4.78 is 5.59. The van der Waals surface area contributed by atoms with Crippen molar-refractivity contribution in [1.29, 1.82) is 0 Å². The minimum Gasteiger partial charge on any atom is -0.493 e. The van der Waals surface area contributed by atoms with Crippen LogP contribution in [0.2, 0.25) is 0 Å². The Labute approximate surface area is 147 Å². The molecule has 7 heteroatoms. The Morgan fingerprint density at radius 1 is 1.45 bits per heavy atom. The maximum Gasteiger partial charge on any atom is 0.241 e. The number of para-hydroxylation sites is 1. The van der Waals surface area contributed by atoms with Crippen molar-refractivity contribution in [2.45, 2.75) is 25.8 Å². The number of carbonyl (C=O) groups is 1. The Morgan fingerprint density at radius 3 is 3.00 bits per heavy atom. The van der Waals surface area contributed by atoms with Gasteiger partial charge in [0.25, 0.3) is 0 Å². The van der Waals surface area contributed by atoms with Gasteiger partial charge in [-0.1, -0.05) is 25.1 Å². The number of fused-ring (bicyclic) bond motifs is 1. The van der Waals surface area contributed by atoms with E-state index in [0.717, 1.165) is 24.2 Å². The lowest BCUT2D eigenvalue weighted by atomic mass is 10.0. The molecule has 1 unspecified atom stereocenters. The number of aliphatic imine (C=N–C) groups is 1. The van der Waals surface area contributed by atoms with E-state index in [4.69, 9.17) is 10.5 Å². The van der Waals surface area contributed by atoms with Gasteiger partial charge in [-0.3, -0.25) is 4.79 Å². The largest absolute Gasteiger partial charge is 0.493 e. The maximum absolute atomic E-state index is 11.5. The van der Waals surface area contributed by atoms with E-state index in [2.05, 4.69) is 15.6 Å². The highest BCUT2D eigenvalue weighted by atomic mass is 127. The molecule has 4 N–H and O–H groups in total. The van der Waals surface area contributed by atoms with E-state index in [-0.39, 0.29) is 48.4 Å². The van der Waals surface area contributed by atoms with Gasteiger partial charge in [0.2, 0.25) is 5.91 Å². The van der Waals surface area contributed by atoms with Gasteiger partial charge in [-0.15, -0.1) is 24.0 Å². The van der Waals surface area contributed by atoms with E-state index >= 15 is 0 Å². The van der Waals surface area contributed by atoms with Crippen LogP contribution in [0.4, 0.5) is 0 Å². The molecule has 0 bridgehead atoms. The molecule has 1 aliphatic heterocycles. The van der Waals surface area contributed by atoms with Gasteiger partial charge in [0.05, 0.1) is 12.6 Å². The molecular weight excluding hydrogens is 395 g/mol. The molecule has 0 radical (unpaired) electrons. The molecule has 1 aromatic carbocycles. The Bertz CT molecular complexity index is 522.